The summed E-state index contributed by atoms with van der Waals surface area (Å²) in [6.07, 6.45) is 7.44. The van der Waals surface area contributed by atoms with Crippen LogP contribution in [0.4, 0.5) is 0 Å². The Bertz CT molecular complexity index is 940. The van der Waals surface area contributed by atoms with Gasteiger partial charge in [0.15, 0.2) is 5.60 Å². The number of pyridine rings is 1. The van der Waals surface area contributed by atoms with Crippen molar-refractivity contribution in [3.63, 3.8) is 0 Å². The number of allylic oxidation sites excluding steroid dienone is 4. The van der Waals surface area contributed by atoms with Crippen LogP contribution in [0.2, 0.25) is 5.15 Å². The molecule has 0 saturated heterocycles. The van der Waals surface area contributed by atoms with Gasteiger partial charge in [0.2, 0.25) is 0 Å². The van der Waals surface area contributed by atoms with E-state index in [4.69, 9.17) is 26.3 Å². The fourth-order valence-electron chi connectivity index (χ4n) is 3.13. The first-order valence-corrected chi connectivity index (χ1v) is 8.15. The van der Waals surface area contributed by atoms with Gasteiger partial charge in [-0.25, -0.2) is 4.98 Å². The lowest BCUT2D eigenvalue weighted by molar-refractivity contribution is -0.0244. The minimum absolute atomic E-state index is 0.369. The molecular formula is C20H17ClN2O2. The predicted molar refractivity (Wildman–Crippen MR) is 98.0 cm³/mol. The summed E-state index contributed by atoms with van der Waals surface area (Å²) in [5, 5.41) is 10.1. The number of fused-ring (bicyclic) bond motifs is 1. The van der Waals surface area contributed by atoms with Crippen LogP contribution in [0.3, 0.4) is 0 Å². The molecule has 126 valence electrons. The number of ether oxygens (including phenoxy) is 2. The first kappa shape index (κ1) is 17.2. The topological polar surface area (TPSA) is 55.1 Å². The van der Waals surface area contributed by atoms with Crippen LogP contribution in [-0.2, 0) is 15.1 Å². The second-order valence-electron chi connectivity index (χ2n) is 5.67. The van der Waals surface area contributed by atoms with Crippen LogP contribution in [0.1, 0.15) is 12.0 Å². The molecule has 2 aromatic rings. The maximum absolute atomic E-state index is 8.80. The van der Waals surface area contributed by atoms with E-state index >= 15 is 0 Å². The molecule has 3 rings (SSSR count). The van der Waals surface area contributed by atoms with Crippen LogP contribution < -0.4 is 0 Å². The molecule has 4 nitrogen and oxygen atoms in total. The molecule has 0 fully saturated rings. The van der Waals surface area contributed by atoms with Crippen LogP contribution in [0, 0.1) is 11.3 Å². The number of para-hydroxylation sites is 1. The predicted octanol–water partition coefficient (Wildman–Crippen LogP) is 4.67. The standard InChI is InChI=1S/C20H17ClN2O2/c1-24-18-10-9-14(6-5-11-22)13-20(18,25-2)16-12-15-7-3-4-8-17(15)23-19(16)21/h3-10,12H,13H2,1-2H3. The lowest BCUT2D eigenvalue weighted by Crippen LogP contribution is -2.34. The monoisotopic (exact) mass is 352 g/mol. The molecule has 1 atom stereocenters. The van der Waals surface area contributed by atoms with E-state index in [2.05, 4.69) is 4.98 Å². The number of hydrogen-bond acceptors (Lipinski definition) is 4. The quantitative estimate of drug-likeness (QED) is 0.592. The Kier molecular flexibility index (Phi) is 4.89. The third kappa shape index (κ3) is 3.05. The molecule has 5 heteroatoms. The van der Waals surface area contributed by atoms with Crippen LogP contribution in [0.15, 0.2) is 66.0 Å². The van der Waals surface area contributed by atoms with Crippen molar-refractivity contribution in [3.05, 3.63) is 76.7 Å². The molecule has 0 radical (unpaired) electrons. The van der Waals surface area contributed by atoms with Crippen molar-refractivity contribution in [2.45, 2.75) is 12.0 Å². The number of nitrogens with zero attached hydrogens (tertiary/aromatic N) is 2. The van der Waals surface area contributed by atoms with Crippen LogP contribution >= 0.6 is 11.6 Å². The Morgan fingerprint density at radius 2 is 2.08 bits per heavy atom. The number of hydrogen-bond donors (Lipinski definition) is 0. The van der Waals surface area contributed by atoms with E-state index in [1.165, 1.54) is 6.08 Å². The molecule has 1 aromatic heterocycles. The Labute approximate surface area is 151 Å². The summed E-state index contributed by atoms with van der Waals surface area (Å²) in [5.41, 5.74) is 1.60. The summed E-state index contributed by atoms with van der Waals surface area (Å²) in [4.78, 5) is 4.51. The summed E-state index contributed by atoms with van der Waals surface area (Å²) in [5.74, 6) is 0.642. The second-order valence-corrected chi connectivity index (χ2v) is 6.02. The summed E-state index contributed by atoms with van der Waals surface area (Å²) >= 11 is 6.52. The Hall–Kier alpha value is -2.61. The molecule has 0 bridgehead atoms. The van der Waals surface area contributed by atoms with Gasteiger partial charge in [0.25, 0.3) is 0 Å². The lowest BCUT2D eigenvalue weighted by atomic mass is 9.81. The fraction of sp³-hybridized carbons (Fsp3) is 0.200. The van der Waals surface area contributed by atoms with E-state index in [0.29, 0.717) is 17.3 Å². The number of halogens is 1. The van der Waals surface area contributed by atoms with Gasteiger partial charge in [-0.15, -0.1) is 0 Å². The number of rotatable bonds is 4. The Balaban J connectivity index is 2.19. The van der Waals surface area contributed by atoms with Crippen molar-refractivity contribution in [1.82, 2.24) is 4.98 Å². The van der Waals surface area contributed by atoms with Crippen molar-refractivity contribution < 1.29 is 9.47 Å². The van der Waals surface area contributed by atoms with Crippen molar-refractivity contribution in [1.29, 1.82) is 5.26 Å². The number of nitriles is 1. The smallest absolute Gasteiger partial charge is 0.156 e. The second kappa shape index (κ2) is 7.10. The lowest BCUT2D eigenvalue weighted by Gasteiger charge is -2.37. The molecule has 1 aromatic carbocycles. The highest BCUT2D eigenvalue weighted by Gasteiger charge is 2.42. The highest BCUT2D eigenvalue weighted by atomic mass is 35.5. The average molecular weight is 353 g/mol. The summed E-state index contributed by atoms with van der Waals surface area (Å²) in [6.45, 7) is 0. The van der Waals surface area contributed by atoms with Gasteiger partial charge < -0.3 is 9.47 Å². The zero-order valence-corrected chi connectivity index (χ0v) is 14.7. The van der Waals surface area contributed by atoms with E-state index in [9.17, 15) is 0 Å². The molecule has 25 heavy (non-hydrogen) atoms. The maximum atomic E-state index is 8.80. The molecule has 0 saturated carbocycles. The van der Waals surface area contributed by atoms with Crippen molar-refractivity contribution >= 4 is 22.5 Å². The van der Waals surface area contributed by atoms with Crippen molar-refractivity contribution in [2.24, 2.45) is 0 Å². The molecule has 0 amide bonds. The number of aromatic nitrogens is 1. The van der Waals surface area contributed by atoms with Gasteiger partial charge in [-0.05, 0) is 29.9 Å². The largest absolute Gasteiger partial charge is 0.498 e. The van der Waals surface area contributed by atoms with Gasteiger partial charge in [0, 0.05) is 30.6 Å². The number of benzene rings is 1. The first-order chi connectivity index (χ1) is 12.1. The van der Waals surface area contributed by atoms with Crippen LogP contribution in [0.25, 0.3) is 10.9 Å². The summed E-state index contributed by atoms with van der Waals surface area (Å²) in [6, 6.07) is 11.8. The minimum atomic E-state index is -0.896. The van der Waals surface area contributed by atoms with Crippen molar-refractivity contribution in [2.75, 3.05) is 14.2 Å². The van der Waals surface area contributed by atoms with E-state index < -0.39 is 5.60 Å². The van der Waals surface area contributed by atoms with E-state index in [1.54, 1.807) is 20.3 Å². The highest BCUT2D eigenvalue weighted by molar-refractivity contribution is 6.30. The van der Waals surface area contributed by atoms with Crippen LogP contribution in [0.5, 0.6) is 0 Å². The van der Waals surface area contributed by atoms with Crippen molar-refractivity contribution in [3.8, 4) is 6.07 Å². The Morgan fingerprint density at radius 1 is 1.28 bits per heavy atom. The highest BCUT2D eigenvalue weighted by Crippen LogP contribution is 2.45. The van der Waals surface area contributed by atoms with Gasteiger partial charge in [-0.2, -0.15) is 5.26 Å². The zero-order chi connectivity index (χ0) is 17.9. The maximum Gasteiger partial charge on any atom is 0.156 e. The van der Waals surface area contributed by atoms with Gasteiger partial charge >= 0.3 is 0 Å². The molecule has 0 aliphatic heterocycles. The fourth-order valence-corrected chi connectivity index (χ4v) is 3.43. The Morgan fingerprint density at radius 3 is 2.80 bits per heavy atom. The van der Waals surface area contributed by atoms with E-state index in [0.717, 1.165) is 22.0 Å². The molecular weight excluding hydrogens is 336 g/mol. The van der Waals surface area contributed by atoms with Gasteiger partial charge in [0.05, 0.1) is 18.7 Å². The van der Waals surface area contributed by atoms with Gasteiger partial charge in [0.1, 0.15) is 10.9 Å². The molecule has 1 heterocycles. The molecule has 1 aliphatic carbocycles. The zero-order valence-electron chi connectivity index (χ0n) is 14.0. The molecule has 1 unspecified atom stereocenters. The summed E-state index contributed by atoms with van der Waals surface area (Å²) < 4.78 is 11.5. The molecule has 1 aliphatic rings. The first-order valence-electron chi connectivity index (χ1n) is 7.77. The normalized spacial score (nSPS) is 20.2. The van der Waals surface area contributed by atoms with Crippen LogP contribution in [-0.4, -0.2) is 19.2 Å². The van der Waals surface area contributed by atoms with E-state index in [1.807, 2.05) is 48.6 Å². The SMILES string of the molecule is COC1=CC=C(C=CC#N)CC1(OC)c1cc2ccccc2nc1Cl. The van der Waals surface area contributed by atoms with Gasteiger partial charge in [-0.3, -0.25) is 0 Å². The third-order valence-electron chi connectivity index (χ3n) is 4.35. The molecule has 0 N–H and O–H groups in total. The minimum Gasteiger partial charge on any atom is -0.498 e. The number of methoxy groups -OCH3 is 2. The molecule has 0 spiro atoms. The van der Waals surface area contributed by atoms with Gasteiger partial charge in [-0.1, -0.05) is 35.9 Å². The summed E-state index contributed by atoms with van der Waals surface area (Å²) in [7, 11) is 3.22. The third-order valence-corrected chi connectivity index (χ3v) is 4.64. The van der Waals surface area contributed by atoms with E-state index in [-0.39, 0.29) is 0 Å². The average Bonchev–Trinajstić information content (AvgIpc) is 2.65.